The SMILES string of the molecule is CC(C)(C)c1ccc(C[C@@H](NC(=O)c2cc(F)cc(F)c2)C(N)=O)cc1. The van der Waals surface area contributed by atoms with E-state index in [1.165, 1.54) is 0 Å². The van der Waals surface area contributed by atoms with Crippen molar-refractivity contribution in [3.8, 4) is 0 Å². The van der Waals surface area contributed by atoms with Crippen LogP contribution in [0.4, 0.5) is 8.78 Å². The van der Waals surface area contributed by atoms with Gasteiger partial charge in [-0.05, 0) is 28.7 Å². The lowest BCUT2D eigenvalue weighted by molar-refractivity contribution is -0.119. The van der Waals surface area contributed by atoms with Crippen molar-refractivity contribution in [1.82, 2.24) is 5.32 Å². The Kier molecular flexibility index (Phi) is 5.75. The molecule has 0 bridgehead atoms. The largest absolute Gasteiger partial charge is 0.368 e. The molecular weight excluding hydrogens is 338 g/mol. The van der Waals surface area contributed by atoms with Gasteiger partial charge >= 0.3 is 0 Å². The lowest BCUT2D eigenvalue weighted by Gasteiger charge is -2.20. The van der Waals surface area contributed by atoms with Crippen LogP contribution >= 0.6 is 0 Å². The van der Waals surface area contributed by atoms with Crippen LogP contribution < -0.4 is 11.1 Å². The van der Waals surface area contributed by atoms with Gasteiger partial charge in [0.1, 0.15) is 17.7 Å². The van der Waals surface area contributed by atoms with Crippen molar-refractivity contribution in [2.45, 2.75) is 38.6 Å². The average Bonchev–Trinajstić information content (AvgIpc) is 2.52. The van der Waals surface area contributed by atoms with Gasteiger partial charge in [0.05, 0.1) is 0 Å². The van der Waals surface area contributed by atoms with E-state index in [2.05, 4.69) is 26.1 Å². The summed E-state index contributed by atoms with van der Waals surface area (Å²) < 4.78 is 26.5. The van der Waals surface area contributed by atoms with E-state index in [1.807, 2.05) is 24.3 Å². The van der Waals surface area contributed by atoms with Crippen LogP contribution in [0.5, 0.6) is 0 Å². The van der Waals surface area contributed by atoms with E-state index < -0.39 is 29.5 Å². The van der Waals surface area contributed by atoms with Crippen LogP contribution in [-0.2, 0) is 16.6 Å². The molecule has 0 saturated carbocycles. The fraction of sp³-hybridized carbons (Fsp3) is 0.300. The molecule has 2 aromatic carbocycles. The number of halogens is 2. The van der Waals surface area contributed by atoms with E-state index in [-0.39, 0.29) is 17.4 Å². The van der Waals surface area contributed by atoms with Crippen LogP contribution in [0.3, 0.4) is 0 Å². The molecule has 2 amide bonds. The van der Waals surface area contributed by atoms with E-state index in [4.69, 9.17) is 5.73 Å². The van der Waals surface area contributed by atoms with Gasteiger partial charge in [0.2, 0.25) is 5.91 Å². The number of hydrogen-bond donors (Lipinski definition) is 2. The molecule has 0 unspecified atom stereocenters. The van der Waals surface area contributed by atoms with Gasteiger partial charge in [0, 0.05) is 18.1 Å². The number of rotatable bonds is 5. The number of primary amides is 1. The molecule has 0 aromatic heterocycles. The summed E-state index contributed by atoms with van der Waals surface area (Å²) >= 11 is 0. The molecule has 0 aliphatic heterocycles. The van der Waals surface area contributed by atoms with Gasteiger partial charge in [-0.25, -0.2) is 8.78 Å². The van der Waals surface area contributed by atoms with Crippen molar-refractivity contribution in [2.75, 3.05) is 0 Å². The Morgan fingerprint density at radius 2 is 1.58 bits per heavy atom. The van der Waals surface area contributed by atoms with Crippen LogP contribution in [0.2, 0.25) is 0 Å². The maximum atomic E-state index is 13.3. The molecule has 6 heteroatoms. The highest BCUT2D eigenvalue weighted by Crippen LogP contribution is 2.22. The highest BCUT2D eigenvalue weighted by atomic mass is 19.1. The van der Waals surface area contributed by atoms with Crippen molar-refractivity contribution in [3.63, 3.8) is 0 Å². The first-order valence-electron chi connectivity index (χ1n) is 8.22. The van der Waals surface area contributed by atoms with Crippen LogP contribution in [-0.4, -0.2) is 17.9 Å². The Balaban J connectivity index is 2.14. The van der Waals surface area contributed by atoms with Crippen molar-refractivity contribution >= 4 is 11.8 Å². The number of nitrogens with two attached hydrogens (primary N) is 1. The topological polar surface area (TPSA) is 72.2 Å². The molecule has 138 valence electrons. The van der Waals surface area contributed by atoms with Gasteiger partial charge in [0.25, 0.3) is 5.91 Å². The molecule has 0 aliphatic rings. The number of carbonyl (C=O) groups is 2. The molecule has 26 heavy (non-hydrogen) atoms. The molecule has 0 heterocycles. The maximum Gasteiger partial charge on any atom is 0.252 e. The maximum absolute atomic E-state index is 13.3. The summed E-state index contributed by atoms with van der Waals surface area (Å²) in [6.45, 7) is 6.27. The fourth-order valence-electron chi connectivity index (χ4n) is 2.53. The zero-order chi connectivity index (χ0) is 19.5. The Morgan fingerprint density at radius 1 is 1.04 bits per heavy atom. The first-order valence-corrected chi connectivity index (χ1v) is 8.22. The lowest BCUT2D eigenvalue weighted by Crippen LogP contribution is -2.45. The average molecular weight is 360 g/mol. The smallest absolute Gasteiger partial charge is 0.252 e. The number of benzene rings is 2. The van der Waals surface area contributed by atoms with Gasteiger partial charge < -0.3 is 11.1 Å². The zero-order valence-electron chi connectivity index (χ0n) is 15.0. The number of amides is 2. The van der Waals surface area contributed by atoms with Gasteiger partial charge in [-0.3, -0.25) is 9.59 Å². The summed E-state index contributed by atoms with van der Waals surface area (Å²) in [7, 11) is 0. The molecule has 2 aromatic rings. The molecular formula is C20H22F2N2O2. The Bertz CT molecular complexity index is 791. The number of nitrogens with one attached hydrogen (secondary N) is 1. The monoisotopic (exact) mass is 360 g/mol. The second-order valence-corrected chi connectivity index (χ2v) is 7.24. The van der Waals surface area contributed by atoms with E-state index in [0.29, 0.717) is 6.07 Å². The summed E-state index contributed by atoms with van der Waals surface area (Å²) in [5, 5.41) is 2.43. The van der Waals surface area contributed by atoms with Crippen LogP contribution in [0.1, 0.15) is 42.3 Å². The van der Waals surface area contributed by atoms with Crippen LogP contribution in [0, 0.1) is 11.6 Å². The summed E-state index contributed by atoms with van der Waals surface area (Å²) in [4.78, 5) is 23.9. The van der Waals surface area contributed by atoms with E-state index in [1.54, 1.807) is 0 Å². The minimum Gasteiger partial charge on any atom is -0.368 e. The van der Waals surface area contributed by atoms with Gasteiger partial charge in [0.15, 0.2) is 0 Å². The molecule has 2 rings (SSSR count). The molecule has 0 spiro atoms. The second-order valence-electron chi connectivity index (χ2n) is 7.24. The molecule has 0 radical (unpaired) electrons. The third-order valence-electron chi connectivity index (χ3n) is 4.03. The molecule has 0 aliphatic carbocycles. The van der Waals surface area contributed by atoms with Crippen molar-refractivity contribution in [2.24, 2.45) is 5.73 Å². The predicted octanol–water partition coefficient (Wildman–Crippen LogP) is 3.09. The van der Waals surface area contributed by atoms with Gasteiger partial charge in [-0.2, -0.15) is 0 Å². The molecule has 0 fully saturated rings. The fourth-order valence-corrected chi connectivity index (χ4v) is 2.53. The highest BCUT2D eigenvalue weighted by molar-refractivity contribution is 5.97. The highest BCUT2D eigenvalue weighted by Gasteiger charge is 2.21. The minimum absolute atomic E-state index is 0.00269. The van der Waals surface area contributed by atoms with E-state index in [0.717, 1.165) is 23.3 Å². The first kappa shape index (κ1) is 19.6. The number of carbonyl (C=O) groups excluding carboxylic acids is 2. The van der Waals surface area contributed by atoms with Gasteiger partial charge in [-0.15, -0.1) is 0 Å². The Labute approximate surface area is 151 Å². The normalized spacial score (nSPS) is 12.5. The van der Waals surface area contributed by atoms with Crippen molar-refractivity contribution < 1.29 is 18.4 Å². The summed E-state index contributed by atoms with van der Waals surface area (Å²) in [6, 6.07) is 9.11. The summed E-state index contributed by atoms with van der Waals surface area (Å²) in [5.74, 6) is -3.24. The van der Waals surface area contributed by atoms with Crippen LogP contribution in [0.15, 0.2) is 42.5 Å². The molecule has 3 N–H and O–H groups in total. The first-order chi connectivity index (χ1) is 12.1. The molecule has 0 saturated heterocycles. The second kappa shape index (κ2) is 7.64. The Morgan fingerprint density at radius 3 is 2.04 bits per heavy atom. The molecule has 1 atom stereocenters. The summed E-state index contributed by atoms with van der Waals surface area (Å²) in [6.07, 6.45) is 0.184. The standard InChI is InChI=1S/C20H22F2N2O2/c1-20(2,3)14-6-4-12(5-7-14)8-17(18(23)25)24-19(26)13-9-15(21)11-16(22)10-13/h4-7,9-11,17H,8H2,1-3H3,(H2,23,25)(H,24,26)/t17-/m1/s1. The van der Waals surface area contributed by atoms with Crippen LogP contribution in [0.25, 0.3) is 0 Å². The van der Waals surface area contributed by atoms with E-state index in [9.17, 15) is 18.4 Å². The number of hydrogen-bond acceptors (Lipinski definition) is 2. The predicted molar refractivity (Wildman–Crippen MR) is 95.7 cm³/mol. The Hall–Kier alpha value is -2.76. The third-order valence-corrected chi connectivity index (χ3v) is 4.03. The lowest BCUT2D eigenvalue weighted by atomic mass is 9.86. The zero-order valence-corrected chi connectivity index (χ0v) is 15.0. The van der Waals surface area contributed by atoms with Crippen molar-refractivity contribution in [3.05, 3.63) is 70.8 Å². The van der Waals surface area contributed by atoms with Gasteiger partial charge in [-0.1, -0.05) is 45.0 Å². The minimum atomic E-state index is -0.991. The molecule has 4 nitrogen and oxygen atoms in total. The quantitative estimate of drug-likeness (QED) is 0.860. The van der Waals surface area contributed by atoms with Crippen molar-refractivity contribution in [1.29, 1.82) is 0 Å². The van der Waals surface area contributed by atoms with E-state index >= 15 is 0 Å². The third kappa shape index (κ3) is 5.12. The summed E-state index contributed by atoms with van der Waals surface area (Å²) in [5.41, 5.74) is 7.10.